The van der Waals surface area contributed by atoms with Crippen LogP contribution in [0.1, 0.15) is 43.3 Å². The van der Waals surface area contributed by atoms with Crippen LogP contribution in [0.5, 0.6) is 0 Å². The zero-order valence-electron chi connectivity index (χ0n) is 12.0. The van der Waals surface area contributed by atoms with Gasteiger partial charge in [-0.25, -0.2) is 4.98 Å². The molecule has 19 heavy (non-hydrogen) atoms. The lowest BCUT2D eigenvalue weighted by molar-refractivity contribution is 0.215. The molecule has 3 rings (SSSR count). The van der Waals surface area contributed by atoms with E-state index in [1.807, 2.05) is 6.08 Å². The van der Waals surface area contributed by atoms with E-state index >= 15 is 0 Å². The Balaban J connectivity index is 2.02. The van der Waals surface area contributed by atoms with Crippen LogP contribution < -0.4 is 0 Å². The molecule has 1 nitrogen and oxygen atoms in total. The van der Waals surface area contributed by atoms with Crippen molar-refractivity contribution in [3.8, 4) is 0 Å². The van der Waals surface area contributed by atoms with Crippen molar-refractivity contribution in [3.63, 3.8) is 0 Å². The van der Waals surface area contributed by atoms with Gasteiger partial charge in [0, 0.05) is 16.0 Å². The summed E-state index contributed by atoms with van der Waals surface area (Å²) in [6, 6.07) is 4.57. The Bertz CT molecular complexity index is 630. The third kappa shape index (κ3) is 2.34. The summed E-state index contributed by atoms with van der Waals surface area (Å²) in [5.41, 5.74) is 3.19. The lowest BCUT2D eigenvalue weighted by Crippen LogP contribution is -2.27. The summed E-state index contributed by atoms with van der Waals surface area (Å²) in [6.45, 7) is 10.9. The summed E-state index contributed by atoms with van der Waals surface area (Å²) >= 11 is 1.75. The van der Waals surface area contributed by atoms with E-state index in [1.54, 1.807) is 11.3 Å². The largest absolute Gasteiger partial charge is 0.242 e. The molecule has 2 aromatic rings. The Morgan fingerprint density at radius 2 is 2.16 bits per heavy atom. The molecule has 0 fully saturated rings. The van der Waals surface area contributed by atoms with E-state index in [0.29, 0.717) is 5.41 Å². The molecule has 1 aliphatic rings. The molecule has 1 aliphatic carbocycles. The van der Waals surface area contributed by atoms with Gasteiger partial charge in [0.15, 0.2) is 0 Å². The smallest absolute Gasteiger partial charge is 0.124 e. The van der Waals surface area contributed by atoms with E-state index in [-0.39, 0.29) is 0 Å². The number of hydrogen-bond acceptors (Lipinski definition) is 2. The summed E-state index contributed by atoms with van der Waals surface area (Å²) < 4.78 is 0. The van der Waals surface area contributed by atoms with E-state index < -0.39 is 0 Å². The van der Waals surface area contributed by atoms with E-state index in [2.05, 4.69) is 39.5 Å². The van der Waals surface area contributed by atoms with Crippen molar-refractivity contribution < 1.29 is 0 Å². The van der Waals surface area contributed by atoms with Gasteiger partial charge in [0.05, 0.1) is 0 Å². The van der Waals surface area contributed by atoms with Crippen LogP contribution in [0.2, 0.25) is 0 Å². The summed E-state index contributed by atoms with van der Waals surface area (Å²) in [7, 11) is 0. The lowest BCUT2D eigenvalue weighted by atomic mass is 9.71. The average Bonchev–Trinajstić information content (AvgIpc) is 2.75. The zero-order chi connectivity index (χ0) is 13.6. The number of aryl methyl sites for hydroxylation is 1. The molecule has 0 aliphatic heterocycles. The van der Waals surface area contributed by atoms with Gasteiger partial charge in [-0.3, -0.25) is 0 Å². The Labute approximate surface area is 119 Å². The van der Waals surface area contributed by atoms with Crippen molar-refractivity contribution in [1.29, 1.82) is 0 Å². The number of aromatic nitrogens is 1. The molecule has 0 saturated heterocycles. The van der Waals surface area contributed by atoms with E-state index in [4.69, 9.17) is 4.98 Å². The first-order valence-electron chi connectivity index (χ1n) is 7.02. The molecule has 0 radical (unpaired) electrons. The second kappa shape index (κ2) is 4.45. The second-order valence-corrected chi connectivity index (χ2v) is 7.71. The zero-order valence-corrected chi connectivity index (χ0v) is 12.8. The van der Waals surface area contributed by atoms with Crippen LogP contribution in [0.25, 0.3) is 16.3 Å². The summed E-state index contributed by atoms with van der Waals surface area (Å²) in [4.78, 5) is 7.26. The highest BCUT2D eigenvalue weighted by atomic mass is 32.1. The number of hydrogen-bond donors (Lipinski definition) is 0. The van der Waals surface area contributed by atoms with Gasteiger partial charge >= 0.3 is 0 Å². The summed E-state index contributed by atoms with van der Waals surface area (Å²) in [6.07, 6.45) is 5.51. The maximum Gasteiger partial charge on any atom is 0.124 e. The molecule has 1 atom stereocenters. The third-order valence-corrected chi connectivity index (χ3v) is 5.36. The van der Waals surface area contributed by atoms with Crippen molar-refractivity contribution in [2.24, 2.45) is 11.3 Å². The van der Waals surface area contributed by atoms with E-state index in [9.17, 15) is 0 Å². The first-order valence-corrected chi connectivity index (χ1v) is 7.84. The second-order valence-electron chi connectivity index (χ2n) is 6.65. The van der Waals surface area contributed by atoms with Gasteiger partial charge in [0.25, 0.3) is 0 Å². The highest BCUT2D eigenvalue weighted by Crippen LogP contribution is 2.38. The molecule has 0 aromatic carbocycles. The molecule has 0 saturated carbocycles. The molecule has 0 N–H and O–H groups in total. The number of thiophene rings is 1. The Hall–Kier alpha value is -1.15. The van der Waals surface area contributed by atoms with Crippen molar-refractivity contribution >= 4 is 27.6 Å². The molecular weight excluding hydrogens is 250 g/mol. The SMILES string of the molecule is C=Cc1cc2cc3c(nc2s1)CCC(C(C)(C)C)C3. The average molecular weight is 271 g/mol. The van der Waals surface area contributed by atoms with Gasteiger partial charge in [0.1, 0.15) is 4.83 Å². The number of nitrogens with zero attached hydrogens (tertiary/aromatic N) is 1. The summed E-state index contributed by atoms with van der Waals surface area (Å²) in [5.74, 6) is 0.775. The fourth-order valence-corrected chi connectivity index (χ4v) is 3.87. The van der Waals surface area contributed by atoms with Crippen LogP contribution in [0, 0.1) is 11.3 Å². The van der Waals surface area contributed by atoms with Gasteiger partial charge in [-0.1, -0.05) is 33.4 Å². The predicted molar refractivity (Wildman–Crippen MR) is 84.7 cm³/mol. The maximum atomic E-state index is 4.87. The standard InChI is InChI=1S/C17H21NS/c1-5-14-10-12-8-11-9-13(17(2,3)4)6-7-15(11)18-16(12)19-14/h5,8,10,13H,1,6-7,9H2,2-4H3. The highest BCUT2D eigenvalue weighted by molar-refractivity contribution is 7.19. The van der Waals surface area contributed by atoms with Crippen molar-refractivity contribution in [3.05, 3.63) is 34.8 Å². The minimum Gasteiger partial charge on any atom is -0.242 e. The van der Waals surface area contributed by atoms with Crippen LogP contribution in [-0.4, -0.2) is 4.98 Å². The normalized spacial score (nSPS) is 19.4. The van der Waals surface area contributed by atoms with E-state index in [0.717, 1.165) is 12.3 Å². The Morgan fingerprint density at radius 1 is 1.37 bits per heavy atom. The quantitative estimate of drug-likeness (QED) is 0.704. The number of fused-ring (bicyclic) bond motifs is 2. The number of rotatable bonds is 1. The van der Waals surface area contributed by atoms with Gasteiger partial charge in [-0.05, 0) is 48.3 Å². The third-order valence-electron chi connectivity index (χ3n) is 4.32. The molecule has 2 heterocycles. The molecule has 2 heteroatoms. The monoisotopic (exact) mass is 271 g/mol. The van der Waals surface area contributed by atoms with Crippen molar-refractivity contribution in [1.82, 2.24) is 4.98 Å². The maximum absolute atomic E-state index is 4.87. The topological polar surface area (TPSA) is 12.9 Å². The molecular formula is C17H21NS. The highest BCUT2D eigenvalue weighted by Gasteiger charge is 2.29. The van der Waals surface area contributed by atoms with Gasteiger partial charge in [0.2, 0.25) is 0 Å². The molecule has 2 aromatic heterocycles. The van der Waals surface area contributed by atoms with Crippen LogP contribution in [0.15, 0.2) is 18.7 Å². The molecule has 1 unspecified atom stereocenters. The van der Waals surface area contributed by atoms with E-state index in [1.165, 1.54) is 39.2 Å². The molecule has 0 amide bonds. The van der Waals surface area contributed by atoms with Crippen LogP contribution in [-0.2, 0) is 12.8 Å². The molecule has 0 bridgehead atoms. The number of pyridine rings is 1. The van der Waals surface area contributed by atoms with Gasteiger partial charge < -0.3 is 0 Å². The minimum absolute atomic E-state index is 0.396. The Kier molecular flexibility index (Phi) is 3.01. The van der Waals surface area contributed by atoms with Crippen LogP contribution >= 0.6 is 11.3 Å². The van der Waals surface area contributed by atoms with Crippen LogP contribution in [0.4, 0.5) is 0 Å². The first-order chi connectivity index (χ1) is 8.97. The fourth-order valence-electron chi connectivity index (χ4n) is 2.98. The minimum atomic E-state index is 0.396. The van der Waals surface area contributed by atoms with Crippen molar-refractivity contribution in [2.45, 2.75) is 40.0 Å². The molecule has 0 spiro atoms. The Morgan fingerprint density at radius 3 is 2.84 bits per heavy atom. The fraction of sp³-hybridized carbons (Fsp3) is 0.471. The van der Waals surface area contributed by atoms with Crippen LogP contribution in [0.3, 0.4) is 0 Å². The predicted octanol–water partition coefficient (Wildman–Crippen LogP) is 5.09. The van der Waals surface area contributed by atoms with Crippen molar-refractivity contribution in [2.75, 3.05) is 0 Å². The first kappa shape index (κ1) is 12.9. The molecule has 100 valence electrons. The lowest BCUT2D eigenvalue weighted by Gasteiger charge is -2.34. The van der Waals surface area contributed by atoms with Gasteiger partial charge in [-0.2, -0.15) is 0 Å². The summed E-state index contributed by atoms with van der Waals surface area (Å²) in [5, 5.41) is 1.29. The van der Waals surface area contributed by atoms with Gasteiger partial charge in [-0.15, -0.1) is 11.3 Å².